The second-order valence-corrected chi connectivity index (χ2v) is 7.91. The summed E-state index contributed by atoms with van der Waals surface area (Å²) >= 11 is 0. The number of nitrogens with one attached hydrogen (secondary N) is 1. The number of piperidine rings is 1. The molecule has 2 aliphatic rings. The van der Waals surface area contributed by atoms with Crippen molar-refractivity contribution in [3.8, 4) is 5.75 Å². The summed E-state index contributed by atoms with van der Waals surface area (Å²) in [7, 11) is 0. The fourth-order valence-electron chi connectivity index (χ4n) is 4.03. The van der Waals surface area contributed by atoms with Gasteiger partial charge in [0.2, 0.25) is 0 Å². The van der Waals surface area contributed by atoms with E-state index < -0.39 is 0 Å². The number of pyridine rings is 1. The van der Waals surface area contributed by atoms with Crippen LogP contribution in [0.1, 0.15) is 31.2 Å². The molecule has 1 aromatic heterocycles. The first kappa shape index (κ1) is 19.2. The summed E-state index contributed by atoms with van der Waals surface area (Å²) in [5, 5.41) is 3.47. The third-order valence-corrected chi connectivity index (χ3v) is 5.76. The number of benzene rings is 1. The van der Waals surface area contributed by atoms with Crippen molar-refractivity contribution in [3.05, 3.63) is 54.4 Å². The SMILES string of the molecule is c1ccc(COCC2CCN(c3cncc(OCC4CCCN4)c3)CC2)cc1. The number of ether oxygens (including phenoxy) is 2. The molecule has 2 aromatic rings. The first-order valence-corrected chi connectivity index (χ1v) is 10.5. The van der Waals surface area contributed by atoms with Crippen LogP contribution in [0.2, 0.25) is 0 Å². The van der Waals surface area contributed by atoms with E-state index in [1.807, 2.05) is 18.5 Å². The van der Waals surface area contributed by atoms with Gasteiger partial charge in [0.15, 0.2) is 0 Å². The first-order valence-electron chi connectivity index (χ1n) is 10.5. The van der Waals surface area contributed by atoms with E-state index in [0.717, 1.165) is 51.4 Å². The molecule has 28 heavy (non-hydrogen) atoms. The Balaban J connectivity index is 1.20. The number of hydrogen-bond donors (Lipinski definition) is 1. The van der Waals surface area contributed by atoms with Crippen molar-refractivity contribution in [2.45, 2.75) is 38.3 Å². The number of aromatic nitrogens is 1. The van der Waals surface area contributed by atoms with E-state index in [0.29, 0.717) is 18.6 Å². The van der Waals surface area contributed by atoms with E-state index >= 15 is 0 Å². The molecule has 0 radical (unpaired) electrons. The molecule has 150 valence electrons. The summed E-state index contributed by atoms with van der Waals surface area (Å²) in [4.78, 5) is 6.81. The Bertz CT molecular complexity index is 711. The second kappa shape index (κ2) is 9.89. The third-order valence-electron chi connectivity index (χ3n) is 5.76. The van der Waals surface area contributed by atoms with Gasteiger partial charge in [0.1, 0.15) is 12.4 Å². The maximum atomic E-state index is 5.97. The van der Waals surface area contributed by atoms with Gasteiger partial charge in [-0.3, -0.25) is 4.98 Å². The zero-order chi connectivity index (χ0) is 19.0. The molecule has 3 heterocycles. The Morgan fingerprint density at radius 3 is 2.68 bits per heavy atom. The van der Waals surface area contributed by atoms with Crippen molar-refractivity contribution in [1.82, 2.24) is 10.3 Å². The molecule has 0 bridgehead atoms. The quantitative estimate of drug-likeness (QED) is 0.756. The second-order valence-electron chi connectivity index (χ2n) is 7.91. The van der Waals surface area contributed by atoms with Gasteiger partial charge in [-0.15, -0.1) is 0 Å². The molecule has 1 aromatic carbocycles. The van der Waals surface area contributed by atoms with E-state index in [4.69, 9.17) is 9.47 Å². The number of anilines is 1. The molecule has 5 nitrogen and oxygen atoms in total. The zero-order valence-corrected chi connectivity index (χ0v) is 16.6. The highest BCUT2D eigenvalue weighted by atomic mass is 16.5. The van der Waals surface area contributed by atoms with Crippen LogP contribution in [-0.4, -0.2) is 43.9 Å². The van der Waals surface area contributed by atoms with Crippen molar-refractivity contribution in [2.75, 3.05) is 37.7 Å². The maximum Gasteiger partial charge on any atom is 0.139 e. The van der Waals surface area contributed by atoms with Gasteiger partial charge < -0.3 is 19.7 Å². The van der Waals surface area contributed by atoms with E-state index in [9.17, 15) is 0 Å². The molecule has 1 atom stereocenters. The van der Waals surface area contributed by atoms with Crippen molar-refractivity contribution in [1.29, 1.82) is 0 Å². The number of rotatable bonds is 8. The molecule has 2 saturated heterocycles. The highest BCUT2D eigenvalue weighted by molar-refractivity contribution is 5.48. The minimum absolute atomic E-state index is 0.482. The van der Waals surface area contributed by atoms with Crippen LogP contribution in [-0.2, 0) is 11.3 Å². The largest absolute Gasteiger partial charge is 0.490 e. The summed E-state index contributed by atoms with van der Waals surface area (Å²) in [6.45, 7) is 5.49. The first-order chi connectivity index (χ1) is 13.9. The third kappa shape index (κ3) is 5.46. The predicted octanol–water partition coefficient (Wildman–Crippen LogP) is 3.65. The van der Waals surface area contributed by atoms with E-state index in [-0.39, 0.29) is 0 Å². The number of nitrogens with zero attached hydrogens (tertiary/aromatic N) is 2. The lowest BCUT2D eigenvalue weighted by Crippen LogP contribution is -2.35. The molecule has 4 rings (SSSR count). The van der Waals surface area contributed by atoms with Crippen LogP contribution in [0.15, 0.2) is 48.8 Å². The van der Waals surface area contributed by atoms with Crippen LogP contribution in [0.3, 0.4) is 0 Å². The molecular formula is C23H31N3O2. The minimum atomic E-state index is 0.482. The van der Waals surface area contributed by atoms with Gasteiger partial charge >= 0.3 is 0 Å². The van der Waals surface area contributed by atoms with Crippen molar-refractivity contribution >= 4 is 5.69 Å². The molecule has 5 heteroatoms. The minimum Gasteiger partial charge on any atom is -0.490 e. The average Bonchev–Trinajstić information content (AvgIpc) is 3.28. The Hall–Kier alpha value is -2.11. The van der Waals surface area contributed by atoms with E-state index in [1.54, 1.807) is 0 Å². The van der Waals surface area contributed by atoms with Crippen LogP contribution in [0.25, 0.3) is 0 Å². The molecule has 0 amide bonds. The average molecular weight is 382 g/mol. The lowest BCUT2D eigenvalue weighted by molar-refractivity contribution is 0.0786. The molecule has 1 N–H and O–H groups in total. The zero-order valence-electron chi connectivity index (χ0n) is 16.6. The van der Waals surface area contributed by atoms with Gasteiger partial charge in [-0.1, -0.05) is 30.3 Å². The molecule has 0 spiro atoms. The highest BCUT2D eigenvalue weighted by Gasteiger charge is 2.20. The summed E-state index contributed by atoms with van der Waals surface area (Å²) < 4.78 is 11.9. The van der Waals surface area contributed by atoms with Crippen LogP contribution < -0.4 is 15.0 Å². The normalized spacial score (nSPS) is 20.4. The Morgan fingerprint density at radius 1 is 1.04 bits per heavy atom. The van der Waals surface area contributed by atoms with Crippen LogP contribution >= 0.6 is 0 Å². The van der Waals surface area contributed by atoms with Crippen molar-refractivity contribution in [2.24, 2.45) is 5.92 Å². The summed E-state index contributed by atoms with van der Waals surface area (Å²) in [5.74, 6) is 1.51. The van der Waals surface area contributed by atoms with Gasteiger partial charge in [0.05, 0.1) is 24.7 Å². The van der Waals surface area contributed by atoms with Gasteiger partial charge in [-0.25, -0.2) is 0 Å². The lowest BCUT2D eigenvalue weighted by atomic mass is 9.97. The fraction of sp³-hybridized carbons (Fsp3) is 0.522. The Morgan fingerprint density at radius 2 is 1.89 bits per heavy atom. The summed E-state index contributed by atoms with van der Waals surface area (Å²) in [5.41, 5.74) is 2.41. The topological polar surface area (TPSA) is 46.6 Å². The molecule has 0 saturated carbocycles. The Labute approximate surface area is 168 Å². The van der Waals surface area contributed by atoms with Crippen LogP contribution in [0.4, 0.5) is 5.69 Å². The fourth-order valence-corrected chi connectivity index (χ4v) is 4.03. The number of hydrogen-bond acceptors (Lipinski definition) is 5. The van der Waals surface area contributed by atoms with Crippen LogP contribution in [0.5, 0.6) is 5.75 Å². The van der Waals surface area contributed by atoms with E-state index in [1.165, 1.54) is 24.1 Å². The van der Waals surface area contributed by atoms with Gasteiger partial charge in [0, 0.05) is 31.8 Å². The molecule has 2 fully saturated rings. The summed E-state index contributed by atoms with van der Waals surface area (Å²) in [6.07, 6.45) is 8.54. The summed E-state index contributed by atoms with van der Waals surface area (Å²) in [6, 6.07) is 13.0. The van der Waals surface area contributed by atoms with Gasteiger partial charge in [0.25, 0.3) is 0 Å². The maximum absolute atomic E-state index is 5.97. The molecule has 1 unspecified atom stereocenters. The predicted molar refractivity (Wildman–Crippen MR) is 112 cm³/mol. The van der Waals surface area contributed by atoms with Crippen molar-refractivity contribution < 1.29 is 9.47 Å². The lowest BCUT2D eigenvalue weighted by Gasteiger charge is -2.33. The standard InChI is InChI=1S/C23H31N3O2/c1-2-5-19(6-3-1)16-27-17-20-8-11-26(12-9-20)22-13-23(15-24-14-22)28-18-21-7-4-10-25-21/h1-3,5-6,13-15,20-21,25H,4,7-12,16-18H2. The smallest absolute Gasteiger partial charge is 0.139 e. The molecule has 2 aliphatic heterocycles. The van der Waals surface area contributed by atoms with Crippen molar-refractivity contribution in [3.63, 3.8) is 0 Å². The van der Waals surface area contributed by atoms with Gasteiger partial charge in [-0.05, 0) is 43.7 Å². The Kier molecular flexibility index (Phi) is 6.79. The monoisotopic (exact) mass is 381 g/mol. The highest BCUT2D eigenvalue weighted by Crippen LogP contribution is 2.26. The molecular weight excluding hydrogens is 350 g/mol. The van der Waals surface area contributed by atoms with Gasteiger partial charge in [-0.2, -0.15) is 0 Å². The van der Waals surface area contributed by atoms with E-state index in [2.05, 4.69) is 45.5 Å². The van der Waals surface area contributed by atoms with Crippen LogP contribution in [0, 0.1) is 5.92 Å². The molecule has 0 aliphatic carbocycles.